The number of aromatic nitrogens is 4. The molecule has 2 aromatic heterocycles. The van der Waals surface area contributed by atoms with Crippen molar-refractivity contribution in [1.29, 1.82) is 0 Å². The fraction of sp³-hybridized carbons (Fsp3) is 0.167. The van der Waals surface area contributed by atoms with E-state index in [0.717, 1.165) is 24.2 Å². The van der Waals surface area contributed by atoms with Crippen LogP contribution in [0.15, 0.2) is 73.6 Å². The van der Waals surface area contributed by atoms with Crippen LogP contribution in [0.3, 0.4) is 0 Å². The van der Waals surface area contributed by atoms with Gasteiger partial charge in [-0.25, -0.2) is 14.6 Å². The highest BCUT2D eigenvalue weighted by Crippen LogP contribution is 2.36. The lowest BCUT2D eigenvalue weighted by atomic mass is 10.1. The third-order valence-corrected chi connectivity index (χ3v) is 5.59. The van der Waals surface area contributed by atoms with E-state index in [1.807, 2.05) is 54.6 Å². The highest BCUT2D eigenvalue weighted by Gasteiger charge is 2.32. The first-order valence-electron chi connectivity index (χ1n) is 10.4. The van der Waals surface area contributed by atoms with E-state index in [2.05, 4.69) is 16.5 Å². The number of nitrogen functional groups attached to an aromatic ring is 1. The largest absolute Gasteiger partial charge is 0.457 e. The number of rotatable bonds is 5. The number of amides is 1. The summed E-state index contributed by atoms with van der Waals surface area (Å²) in [5.74, 6) is 1.70. The van der Waals surface area contributed by atoms with Crippen molar-refractivity contribution in [2.24, 2.45) is 0 Å². The van der Waals surface area contributed by atoms with Crippen LogP contribution in [0.4, 0.5) is 5.82 Å². The van der Waals surface area contributed by atoms with Gasteiger partial charge in [-0.3, -0.25) is 4.79 Å². The zero-order valence-corrected chi connectivity index (χ0v) is 17.4. The molecule has 2 N–H and O–H groups in total. The molecule has 32 heavy (non-hydrogen) atoms. The van der Waals surface area contributed by atoms with Gasteiger partial charge in [0.25, 0.3) is 0 Å². The number of fused-ring (bicyclic) bond motifs is 1. The summed E-state index contributed by atoms with van der Waals surface area (Å²) in [6, 6.07) is 17.2. The molecule has 2 aromatic carbocycles. The van der Waals surface area contributed by atoms with Crippen LogP contribution in [0.1, 0.15) is 19.0 Å². The second-order valence-corrected chi connectivity index (χ2v) is 7.55. The lowest BCUT2D eigenvalue weighted by molar-refractivity contribution is -0.128. The zero-order chi connectivity index (χ0) is 22.1. The maximum atomic E-state index is 12.4. The Bertz CT molecular complexity index is 1280. The average Bonchev–Trinajstić information content (AvgIpc) is 3.45. The molecule has 8 nitrogen and oxygen atoms in total. The number of hydrogen-bond donors (Lipinski definition) is 1. The van der Waals surface area contributed by atoms with Crippen molar-refractivity contribution in [1.82, 2.24) is 24.6 Å². The molecule has 4 aromatic rings. The van der Waals surface area contributed by atoms with Crippen molar-refractivity contribution in [2.45, 2.75) is 19.0 Å². The predicted molar refractivity (Wildman–Crippen MR) is 122 cm³/mol. The molecule has 3 heterocycles. The van der Waals surface area contributed by atoms with Crippen molar-refractivity contribution >= 4 is 22.8 Å². The molecule has 160 valence electrons. The monoisotopic (exact) mass is 426 g/mol. The Morgan fingerprint density at radius 2 is 1.84 bits per heavy atom. The van der Waals surface area contributed by atoms with E-state index >= 15 is 0 Å². The Morgan fingerprint density at radius 1 is 1.09 bits per heavy atom. The first kappa shape index (κ1) is 19.7. The first-order chi connectivity index (χ1) is 15.7. The number of carbonyl (C=O) groups is 1. The molecule has 0 spiro atoms. The molecule has 1 fully saturated rings. The third-order valence-electron chi connectivity index (χ3n) is 5.59. The molecular formula is C24H22N6O2. The summed E-state index contributed by atoms with van der Waals surface area (Å²) < 4.78 is 7.67. The fourth-order valence-electron chi connectivity index (χ4n) is 4.09. The van der Waals surface area contributed by atoms with Gasteiger partial charge in [0.1, 0.15) is 35.5 Å². The van der Waals surface area contributed by atoms with E-state index in [4.69, 9.17) is 15.6 Å². The second-order valence-electron chi connectivity index (χ2n) is 7.55. The Kier molecular flexibility index (Phi) is 5.03. The van der Waals surface area contributed by atoms with E-state index in [1.54, 1.807) is 9.58 Å². The lowest BCUT2D eigenvalue weighted by Gasteiger charge is -2.23. The second kappa shape index (κ2) is 8.14. The standard InChI is InChI=1S/C24H22N6O2/c1-2-20(31)29-14-6-9-19(29)30-24-21(23(25)26-15-27-24)22(28-30)16-10-12-18(13-11-16)32-17-7-4-3-5-8-17/h2-5,7-8,10-13,15,19H,1,6,9,14H2,(H2,25,26,27)/t19-/m0/s1. The van der Waals surface area contributed by atoms with Crippen LogP contribution in [-0.4, -0.2) is 37.1 Å². The van der Waals surface area contributed by atoms with Crippen molar-refractivity contribution in [3.63, 3.8) is 0 Å². The Balaban J connectivity index is 1.55. The molecule has 1 amide bonds. The van der Waals surface area contributed by atoms with E-state index in [-0.39, 0.29) is 12.1 Å². The minimum absolute atomic E-state index is 0.123. The van der Waals surface area contributed by atoms with Gasteiger partial charge in [0.15, 0.2) is 5.65 Å². The Hall–Kier alpha value is -4.20. The molecule has 0 aliphatic carbocycles. The van der Waals surface area contributed by atoms with Crippen LogP contribution in [-0.2, 0) is 4.79 Å². The van der Waals surface area contributed by atoms with Crippen LogP contribution in [0, 0.1) is 0 Å². The molecule has 0 bridgehead atoms. The van der Waals surface area contributed by atoms with Crippen LogP contribution in [0.5, 0.6) is 11.5 Å². The number of anilines is 1. The molecular weight excluding hydrogens is 404 g/mol. The Morgan fingerprint density at radius 3 is 2.59 bits per heavy atom. The highest BCUT2D eigenvalue weighted by molar-refractivity contribution is 5.98. The van der Waals surface area contributed by atoms with Gasteiger partial charge in [-0.2, -0.15) is 5.10 Å². The summed E-state index contributed by atoms with van der Waals surface area (Å²) in [5, 5.41) is 5.52. The third kappa shape index (κ3) is 3.45. The van der Waals surface area contributed by atoms with Gasteiger partial charge in [0.05, 0.1) is 5.39 Å². The van der Waals surface area contributed by atoms with Gasteiger partial charge in [-0.1, -0.05) is 24.8 Å². The molecule has 5 rings (SSSR count). The molecule has 1 saturated heterocycles. The molecule has 1 atom stereocenters. The van der Waals surface area contributed by atoms with Crippen LogP contribution in [0.2, 0.25) is 0 Å². The number of benzene rings is 2. The van der Waals surface area contributed by atoms with Gasteiger partial charge in [-0.05, 0) is 55.3 Å². The summed E-state index contributed by atoms with van der Waals surface area (Å²) in [7, 11) is 0. The van der Waals surface area contributed by atoms with Crippen molar-refractivity contribution in [3.05, 3.63) is 73.6 Å². The summed E-state index contributed by atoms with van der Waals surface area (Å²) in [6.45, 7) is 4.27. The van der Waals surface area contributed by atoms with E-state index in [1.165, 1.54) is 12.4 Å². The molecule has 1 aliphatic heterocycles. The van der Waals surface area contributed by atoms with Crippen molar-refractivity contribution in [3.8, 4) is 22.8 Å². The molecule has 8 heteroatoms. The lowest BCUT2D eigenvalue weighted by Crippen LogP contribution is -2.32. The molecule has 1 aliphatic rings. The SMILES string of the molecule is C=CC(=O)N1CCC[C@@H]1n1nc(-c2ccc(Oc3ccccc3)cc2)c2c(N)ncnc21. The summed E-state index contributed by atoms with van der Waals surface area (Å²) in [6.07, 6.45) is 4.17. The first-order valence-corrected chi connectivity index (χ1v) is 10.4. The van der Waals surface area contributed by atoms with Crippen LogP contribution < -0.4 is 10.5 Å². The minimum atomic E-state index is -0.244. The van der Waals surface area contributed by atoms with Gasteiger partial charge in [-0.15, -0.1) is 0 Å². The quantitative estimate of drug-likeness (QED) is 0.481. The topological polar surface area (TPSA) is 99.2 Å². The van der Waals surface area contributed by atoms with Gasteiger partial charge < -0.3 is 15.4 Å². The number of hydrogen-bond acceptors (Lipinski definition) is 6. The number of nitrogens with zero attached hydrogens (tertiary/aromatic N) is 5. The maximum absolute atomic E-state index is 12.4. The Labute approximate surface area is 185 Å². The van der Waals surface area contributed by atoms with Crippen LogP contribution >= 0.6 is 0 Å². The summed E-state index contributed by atoms with van der Waals surface area (Å²) >= 11 is 0. The number of para-hydroxylation sites is 1. The summed E-state index contributed by atoms with van der Waals surface area (Å²) in [5.41, 5.74) is 8.36. The number of ether oxygens (including phenoxy) is 1. The van der Waals surface area contributed by atoms with Crippen molar-refractivity contribution < 1.29 is 9.53 Å². The van der Waals surface area contributed by atoms with Crippen LogP contribution in [0.25, 0.3) is 22.3 Å². The highest BCUT2D eigenvalue weighted by atomic mass is 16.5. The zero-order valence-electron chi connectivity index (χ0n) is 17.4. The smallest absolute Gasteiger partial charge is 0.247 e. The van der Waals surface area contributed by atoms with Gasteiger partial charge in [0, 0.05) is 12.1 Å². The normalized spacial score (nSPS) is 15.8. The van der Waals surface area contributed by atoms with Crippen molar-refractivity contribution in [2.75, 3.05) is 12.3 Å². The van der Waals surface area contributed by atoms with Gasteiger partial charge in [0.2, 0.25) is 5.91 Å². The molecule has 0 saturated carbocycles. The fourth-order valence-corrected chi connectivity index (χ4v) is 4.09. The number of carbonyl (C=O) groups excluding carboxylic acids is 1. The number of likely N-dealkylation sites (tertiary alicyclic amines) is 1. The minimum Gasteiger partial charge on any atom is -0.457 e. The number of nitrogens with two attached hydrogens (primary N) is 1. The van der Waals surface area contributed by atoms with E-state index in [9.17, 15) is 4.79 Å². The van der Waals surface area contributed by atoms with Gasteiger partial charge >= 0.3 is 0 Å². The predicted octanol–water partition coefficient (Wildman–Crippen LogP) is 4.17. The average molecular weight is 426 g/mol. The molecule has 0 radical (unpaired) electrons. The van der Waals surface area contributed by atoms with E-state index < -0.39 is 0 Å². The molecule has 0 unspecified atom stereocenters. The summed E-state index contributed by atoms with van der Waals surface area (Å²) in [4.78, 5) is 22.7. The van der Waals surface area contributed by atoms with E-state index in [0.29, 0.717) is 34.8 Å². The maximum Gasteiger partial charge on any atom is 0.247 e.